The zero-order chi connectivity index (χ0) is 16.0. The molecule has 8 heteroatoms. The highest BCUT2D eigenvalue weighted by atomic mass is 32.1. The molecule has 0 radical (unpaired) electrons. The average Bonchev–Trinajstić information content (AvgIpc) is 2.78. The Labute approximate surface area is 127 Å². The van der Waals surface area contributed by atoms with E-state index >= 15 is 0 Å². The van der Waals surface area contributed by atoms with Crippen molar-refractivity contribution in [1.29, 1.82) is 0 Å². The van der Waals surface area contributed by atoms with Gasteiger partial charge in [0.05, 0.1) is 6.10 Å². The van der Waals surface area contributed by atoms with E-state index in [1.807, 2.05) is 30.3 Å². The van der Waals surface area contributed by atoms with Gasteiger partial charge in [-0.1, -0.05) is 30.3 Å². The fraction of sp³-hybridized carbons (Fsp3) is 0.308. The number of amides is 1. The summed E-state index contributed by atoms with van der Waals surface area (Å²) >= 11 is 4.83. The number of benzene rings is 1. The van der Waals surface area contributed by atoms with Gasteiger partial charge in [0.2, 0.25) is 0 Å². The van der Waals surface area contributed by atoms with Crippen LogP contribution in [0.5, 0.6) is 0 Å². The average molecular weight is 311 g/mol. The molecule has 1 aliphatic rings. The van der Waals surface area contributed by atoms with Gasteiger partial charge in [0.25, 0.3) is 5.91 Å². The number of carboxylic acids is 1. The van der Waals surface area contributed by atoms with Crippen molar-refractivity contribution in [2.24, 2.45) is 5.73 Å². The molecule has 3 atom stereocenters. The Balaban J connectivity index is 0.000000240. The fourth-order valence-electron chi connectivity index (χ4n) is 1.50. The van der Waals surface area contributed by atoms with E-state index in [1.165, 1.54) is 6.92 Å². The summed E-state index contributed by atoms with van der Waals surface area (Å²) in [5, 5.41) is 22.4. The van der Waals surface area contributed by atoms with Crippen LogP contribution in [0.2, 0.25) is 0 Å². The summed E-state index contributed by atoms with van der Waals surface area (Å²) in [5.41, 5.74) is 5.84. The molecule has 1 aliphatic heterocycles. The zero-order valence-electron chi connectivity index (χ0n) is 11.3. The standard InChI is InChI=1S/C9H8N2OS.C4H9NO3/c12-8-7(10-9(13)11-8)6-4-2-1-3-5-6;1-2(6)3(5)4(7)8/h1-5,7H,(H2,10,11,12,13);2-3,6H,5H2,1H3,(H,7,8)/t;2-,3+/m.1/s1. The van der Waals surface area contributed by atoms with Gasteiger partial charge in [-0.3, -0.25) is 9.59 Å². The first-order chi connectivity index (χ1) is 9.82. The number of carboxylic acid groups (broad SMARTS) is 1. The van der Waals surface area contributed by atoms with Gasteiger partial charge < -0.3 is 26.6 Å². The largest absolute Gasteiger partial charge is 0.480 e. The third-order valence-corrected chi connectivity index (χ3v) is 2.93. The lowest BCUT2D eigenvalue weighted by Gasteiger charge is -2.06. The molecule has 1 saturated heterocycles. The first-order valence-electron chi connectivity index (χ1n) is 6.15. The topological polar surface area (TPSA) is 125 Å². The van der Waals surface area contributed by atoms with Crippen LogP contribution in [0.1, 0.15) is 18.5 Å². The Morgan fingerprint density at radius 3 is 2.29 bits per heavy atom. The van der Waals surface area contributed by atoms with Gasteiger partial charge in [-0.15, -0.1) is 0 Å². The van der Waals surface area contributed by atoms with Gasteiger partial charge in [-0.25, -0.2) is 0 Å². The molecule has 0 aliphatic carbocycles. The minimum Gasteiger partial charge on any atom is -0.480 e. The van der Waals surface area contributed by atoms with E-state index in [2.05, 4.69) is 10.6 Å². The number of thiocarbonyl (C=S) groups is 1. The van der Waals surface area contributed by atoms with Crippen molar-refractivity contribution in [1.82, 2.24) is 10.6 Å². The number of nitrogens with one attached hydrogen (secondary N) is 2. The molecule has 1 heterocycles. The maximum Gasteiger partial charge on any atom is 0.323 e. The molecule has 1 aromatic carbocycles. The molecule has 1 aromatic rings. The zero-order valence-corrected chi connectivity index (χ0v) is 12.1. The number of nitrogens with two attached hydrogens (primary N) is 1. The van der Waals surface area contributed by atoms with Gasteiger partial charge >= 0.3 is 5.97 Å². The third-order valence-electron chi connectivity index (χ3n) is 2.71. The lowest BCUT2D eigenvalue weighted by Crippen LogP contribution is -2.39. The molecule has 1 amide bonds. The summed E-state index contributed by atoms with van der Waals surface area (Å²) in [5.74, 6) is -1.27. The van der Waals surface area contributed by atoms with Crippen molar-refractivity contribution in [3.05, 3.63) is 35.9 Å². The van der Waals surface area contributed by atoms with Crippen molar-refractivity contribution in [2.45, 2.75) is 25.1 Å². The van der Waals surface area contributed by atoms with Crippen LogP contribution in [-0.4, -0.2) is 39.3 Å². The quantitative estimate of drug-likeness (QED) is 0.477. The first kappa shape index (κ1) is 17.0. The van der Waals surface area contributed by atoms with Crippen molar-refractivity contribution in [3.8, 4) is 0 Å². The Hall–Kier alpha value is -2.03. The molecular formula is C13H17N3O4S. The molecular weight excluding hydrogens is 294 g/mol. The molecule has 2 rings (SSSR count). The molecule has 21 heavy (non-hydrogen) atoms. The number of aliphatic hydroxyl groups excluding tert-OH is 1. The first-order valence-corrected chi connectivity index (χ1v) is 6.56. The minimum absolute atomic E-state index is 0.0869. The van der Waals surface area contributed by atoms with E-state index in [1.54, 1.807) is 0 Å². The molecule has 114 valence electrons. The number of carbonyl (C=O) groups is 2. The van der Waals surface area contributed by atoms with E-state index in [-0.39, 0.29) is 11.9 Å². The summed E-state index contributed by atoms with van der Waals surface area (Å²) in [6, 6.07) is 8.01. The Kier molecular flexibility index (Phi) is 6.22. The predicted molar refractivity (Wildman–Crippen MR) is 80.4 cm³/mol. The molecule has 1 fully saturated rings. The number of carbonyl (C=O) groups excluding carboxylic acids is 1. The monoisotopic (exact) mass is 311 g/mol. The van der Waals surface area contributed by atoms with E-state index in [0.717, 1.165) is 5.56 Å². The highest BCUT2D eigenvalue weighted by Gasteiger charge is 2.27. The lowest BCUT2D eigenvalue weighted by atomic mass is 10.1. The minimum atomic E-state index is -1.18. The number of aliphatic hydroxyl groups is 1. The van der Waals surface area contributed by atoms with Gasteiger partial charge in [0, 0.05) is 0 Å². The highest BCUT2D eigenvalue weighted by Crippen LogP contribution is 2.15. The van der Waals surface area contributed by atoms with E-state index < -0.39 is 18.1 Å². The van der Waals surface area contributed by atoms with Gasteiger partial charge in [-0.05, 0) is 24.7 Å². The smallest absolute Gasteiger partial charge is 0.323 e. The maximum atomic E-state index is 11.3. The molecule has 0 saturated carbocycles. The molecule has 0 aromatic heterocycles. The van der Waals surface area contributed by atoms with Crippen LogP contribution in [-0.2, 0) is 9.59 Å². The van der Waals surface area contributed by atoms with E-state index in [0.29, 0.717) is 5.11 Å². The van der Waals surface area contributed by atoms with Crippen LogP contribution in [0.4, 0.5) is 0 Å². The van der Waals surface area contributed by atoms with E-state index in [4.69, 9.17) is 28.2 Å². The normalized spacial score (nSPS) is 19.7. The second-order valence-corrected chi connectivity index (χ2v) is 4.82. The Morgan fingerprint density at radius 2 is 1.95 bits per heavy atom. The Bertz CT molecular complexity index is 521. The predicted octanol–water partition coefficient (Wildman–Crippen LogP) is -0.489. The number of rotatable bonds is 3. The third kappa shape index (κ3) is 5.10. The second kappa shape index (κ2) is 7.67. The van der Waals surface area contributed by atoms with Crippen LogP contribution in [0.25, 0.3) is 0 Å². The van der Waals surface area contributed by atoms with Crippen LogP contribution in [0, 0.1) is 0 Å². The maximum absolute atomic E-state index is 11.3. The summed E-state index contributed by atoms with van der Waals surface area (Å²) in [6.45, 7) is 1.33. The summed E-state index contributed by atoms with van der Waals surface area (Å²) in [6.07, 6.45) is -0.979. The lowest BCUT2D eigenvalue weighted by molar-refractivity contribution is -0.140. The summed E-state index contributed by atoms with van der Waals surface area (Å²) < 4.78 is 0. The van der Waals surface area contributed by atoms with Crippen molar-refractivity contribution in [2.75, 3.05) is 0 Å². The second-order valence-electron chi connectivity index (χ2n) is 4.41. The highest BCUT2D eigenvalue weighted by molar-refractivity contribution is 7.80. The number of hydrogen-bond acceptors (Lipinski definition) is 5. The summed E-state index contributed by atoms with van der Waals surface area (Å²) in [4.78, 5) is 21.2. The van der Waals surface area contributed by atoms with Crippen LogP contribution in [0.15, 0.2) is 30.3 Å². The number of aliphatic carboxylic acids is 1. The number of hydrogen-bond donors (Lipinski definition) is 5. The van der Waals surface area contributed by atoms with Crippen LogP contribution in [0.3, 0.4) is 0 Å². The fourth-order valence-corrected chi connectivity index (χ4v) is 1.72. The van der Waals surface area contributed by atoms with Crippen molar-refractivity contribution in [3.63, 3.8) is 0 Å². The summed E-state index contributed by atoms with van der Waals surface area (Å²) in [7, 11) is 0. The molecule has 0 spiro atoms. The van der Waals surface area contributed by atoms with Crippen molar-refractivity contribution < 1.29 is 19.8 Å². The SMILES string of the molecule is C[C@@H](O)[C@H](N)C(=O)O.O=C1NC(=S)NC1c1ccccc1. The van der Waals surface area contributed by atoms with Gasteiger partial charge in [0.1, 0.15) is 12.1 Å². The van der Waals surface area contributed by atoms with Crippen LogP contribution < -0.4 is 16.4 Å². The molecule has 1 unspecified atom stereocenters. The molecule has 7 nitrogen and oxygen atoms in total. The molecule has 6 N–H and O–H groups in total. The Morgan fingerprint density at radius 1 is 1.38 bits per heavy atom. The van der Waals surface area contributed by atoms with Gasteiger partial charge in [-0.2, -0.15) is 0 Å². The van der Waals surface area contributed by atoms with Crippen LogP contribution >= 0.6 is 12.2 Å². The van der Waals surface area contributed by atoms with Gasteiger partial charge in [0.15, 0.2) is 5.11 Å². The molecule has 0 bridgehead atoms. The van der Waals surface area contributed by atoms with E-state index in [9.17, 15) is 9.59 Å². The van der Waals surface area contributed by atoms with Crippen molar-refractivity contribution >= 4 is 29.2 Å².